The maximum absolute atomic E-state index is 12.3. The van der Waals surface area contributed by atoms with E-state index in [2.05, 4.69) is 11.6 Å². The molecule has 0 bridgehead atoms. The Labute approximate surface area is 128 Å². The summed E-state index contributed by atoms with van der Waals surface area (Å²) in [6.45, 7) is 6.27. The summed E-state index contributed by atoms with van der Waals surface area (Å²) in [6, 6.07) is 7.01. The molecule has 1 aromatic carbocycles. The minimum atomic E-state index is -3.52. The van der Waals surface area contributed by atoms with Crippen LogP contribution in [0.15, 0.2) is 29.2 Å². The van der Waals surface area contributed by atoms with Crippen LogP contribution in [-0.4, -0.2) is 26.7 Å². The number of benzene rings is 1. The van der Waals surface area contributed by atoms with Crippen LogP contribution in [0.5, 0.6) is 0 Å². The average Bonchev–Trinajstić information content (AvgIpc) is 2.50. The van der Waals surface area contributed by atoms with Crippen LogP contribution in [0, 0.1) is 5.41 Å². The molecule has 120 valence electrons. The molecule has 0 atom stereocenters. The zero-order chi connectivity index (χ0) is 15.9. The van der Waals surface area contributed by atoms with Crippen molar-refractivity contribution in [3.05, 3.63) is 29.8 Å². The van der Waals surface area contributed by atoms with Crippen LogP contribution in [0.3, 0.4) is 0 Å². The molecule has 2 N–H and O–H groups in total. The fourth-order valence-corrected chi connectivity index (χ4v) is 3.39. The maximum atomic E-state index is 12.3. The lowest BCUT2D eigenvalue weighted by atomic mass is 9.84. The van der Waals surface area contributed by atoms with Gasteiger partial charge in [0.25, 0.3) is 0 Å². The number of aliphatic hydroxyl groups excluding tert-OH is 1. The summed E-state index contributed by atoms with van der Waals surface area (Å²) in [5, 5.41) is 9.50. The zero-order valence-electron chi connectivity index (χ0n) is 13.2. The topological polar surface area (TPSA) is 66.4 Å². The van der Waals surface area contributed by atoms with E-state index in [-0.39, 0.29) is 23.5 Å². The van der Waals surface area contributed by atoms with Crippen molar-refractivity contribution in [3.63, 3.8) is 0 Å². The number of aryl methyl sites for hydroxylation is 1. The molecule has 0 spiro atoms. The first kappa shape index (κ1) is 18.1. The van der Waals surface area contributed by atoms with Gasteiger partial charge in [0.2, 0.25) is 10.0 Å². The highest BCUT2D eigenvalue weighted by molar-refractivity contribution is 7.89. The Hall–Kier alpha value is -0.910. The third-order valence-electron chi connectivity index (χ3n) is 4.24. The molecule has 0 heterocycles. The fraction of sp³-hybridized carbons (Fsp3) is 0.625. The number of rotatable bonds is 9. The third kappa shape index (κ3) is 4.80. The van der Waals surface area contributed by atoms with Crippen molar-refractivity contribution in [1.29, 1.82) is 0 Å². The molecule has 0 aliphatic carbocycles. The standard InChI is InChI=1S/C16H27NO3S/c1-4-7-14-8-10-15(11-9-14)21(19,20)17-12-16(5-2,6-3)13-18/h8-11,17-18H,4-7,12-13H2,1-3H3. The zero-order valence-corrected chi connectivity index (χ0v) is 14.0. The van der Waals surface area contributed by atoms with Crippen LogP contribution in [0.4, 0.5) is 0 Å². The van der Waals surface area contributed by atoms with E-state index < -0.39 is 10.0 Å². The second-order valence-electron chi connectivity index (χ2n) is 5.58. The summed E-state index contributed by atoms with van der Waals surface area (Å²) >= 11 is 0. The van der Waals surface area contributed by atoms with Gasteiger partial charge in [0.1, 0.15) is 0 Å². The smallest absolute Gasteiger partial charge is 0.240 e. The van der Waals surface area contributed by atoms with Gasteiger partial charge in [0.15, 0.2) is 0 Å². The Morgan fingerprint density at radius 2 is 1.67 bits per heavy atom. The summed E-state index contributed by atoms with van der Waals surface area (Å²) in [5.41, 5.74) is 0.762. The Morgan fingerprint density at radius 1 is 1.10 bits per heavy atom. The van der Waals surface area contributed by atoms with Gasteiger partial charge in [-0.3, -0.25) is 0 Å². The molecule has 0 unspecified atom stereocenters. The molecular weight excluding hydrogens is 286 g/mol. The van der Waals surface area contributed by atoms with Gasteiger partial charge in [-0.05, 0) is 37.0 Å². The minimum Gasteiger partial charge on any atom is -0.396 e. The van der Waals surface area contributed by atoms with Gasteiger partial charge in [-0.1, -0.05) is 39.3 Å². The lowest BCUT2D eigenvalue weighted by Crippen LogP contribution is -2.39. The Bertz CT molecular complexity index is 511. The van der Waals surface area contributed by atoms with Crippen LogP contribution in [-0.2, 0) is 16.4 Å². The molecule has 5 heteroatoms. The second kappa shape index (κ2) is 7.92. The van der Waals surface area contributed by atoms with Crippen molar-refractivity contribution in [2.24, 2.45) is 5.41 Å². The highest BCUT2D eigenvalue weighted by atomic mass is 32.2. The van der Waals surface area contributed by atoms with Gasteiger partial charge in [0.05, 0.1) is 4.90 Å². The number of hydrogen-bond acceptors (Lipinski definition) is 3. The van der Waals surface area contributed by atoms with Gasteiger partial charge >= 0.3 is 0 Å². The number of hydrogen-bond donors (Lipinski definition) is 2. The first-order valence-corrected chi connectivity index (χ1v) is 9.10. The van der Waals surface area contributed by atoms with E-state index in [9.17, 15) is 13.5 Å². The highest BCUT2D eigenvalue weighted by Crippen LogP contribution is 2.25. The van der Waals surface area contributed by atoms with Gasteiger partial charge in [-0.15, -0.1) is 0 Å². The minimum absolute atomic E-state index is 0.0159. The van der Waals surface area contributed by atoms with E-state index >= 15 is 0 Å². The average molecular weight is 313 g/mol. The first-order chi connectivity index (χ1) is 9.93. The Balaban J connectivity index is 2.81. The van der Waals surface area contributed by atoms with Crippen molar-refractivity contribution < 1.29 is 13.5 Å². The van der Waals surface area contributed by atoms with Gasteiger partial charge in [-0.2, -0.15) is 0 Å². The summed E-state index contributed by atoms with van der Waals surface area (Å²) in [5.74, 6) is 0. The molecule has 0 radical (unpaired) electrons. The first-order valence-electron chi connectivity index (χ1n) is 7.62. The highest BCUT2D eigenvalue weighted by Gasteiger charge is 2.27. The molecule has 0 amide bonds. The normalized spacial score (nSPS) is 12.6. The fourth-order valence-electron chi connectivity index (χ4n) is 2.23. The molecule has 0 aromatic heterocycles. The van der Waals surface area contributed by atoms with E-state index in [1.165, 1.54) is 0 Å². The molecule has 1 rings (SSSR count). The molecule has 21 heavy (non-hydrogen) atoms. The van der Waals surface area contributed by atoms with E-state index in [4.69, 9.17) is 0 Å². The van der Waals surface area contributed by atoms with Gasteiger partial charge < -0.3 is 5.11 Å². The predicted molar refractivity (Wildman–Crippen MR) is 85.7 cm³/mol. The lowest BCUT2D eigenvalue weighted by Gasteiger charge is -2.29. The largest absolute Gasteiger partial charge is 0.396 e. The van der Waals surface area contributed by atoms with Crippen molar-refractivity contribution >= 4 is 10.0 Å². The van der Waals surface area contributed by atoms with Crippen LogP contribution in [0.1, 0.15) is 45.6 Å². The molecule has 0 saturated heterocycles. The molecule has 1 aromatic rings. The van der Waals surface area contributed by atoms with Gasteiger partial charge in [0, 0.05) is 18.6 Å². The molecule has 0 fully saturated rings. The maximum Gasteiger partial charge on any atom is 0.240 e. The third-order valence-corrected chi connectivity index (χ3v) is 5.66. The number of aliphatic hydroxyl groups is 1. The van der Waals surface area contributed by atoms with E-state index in [0.717, 1.165) is 31.2 Å². The summed E-state index contributed by atoms with van der Waals surface area (Å²) in [4.78, 5) is 0.279. The SMILES string of the molecule is CCCc1ccc(S(=O)(=O)NCC(CC)(CC)CO)cc1. The van der Waals surface area contributed by atoms with Gasteiger partial charge in [-0.25, -0.2) is 13.1 Å². The molecule has 0 saturated carbocycles. The van der Waals surface area contributed by atoms with Crippen LogP contribution in [0.25, 0.3) is 0 Å². The predicted octanol–water partition coefficient (Wildman–Crippen LogP) is 2.72. The van der Waals surface area contributed by atoms with Crippen molar-refractivity contribution in [1.82, 2.24) is 4.72 Å². The van der Waals surface area contributed by atoms with Crippen molar-refractivity contribution in [2.75, 3.05) is 13.2 Å². The van der Waals surface area contributed by atoms with Crippen molar-refractivity contribution in [3.8, 4) is 0 Å². The van der Waals surface area contributed by atoms with E-state index in [1.807, 2.05) is 26.0 Å². The quantitative estimate of drug-likeness (QED) is 0.736. The molecule has 0 aliphatic heterocycles. The number of sulfonamides is 1. The van der Waals surface area contributed by atoms with Crippen LogP contribution < -0.4 is 4.72 Å². The monoisotopic (exact) mass is 313 g/mol. The molecular formula is C16H27NO3S. The molecule has 4 nitrogen and oxygen atoms in total. The van der Waals surface area contributed by atoms with Crippen LogP contribution >= 0.6 is 0 Å². The summed E-state index contributed by atoms with van der Waals surface area (Å²) < 4.78 is 27.2. The Kier molecular flexibility index (Phi) is 6.84. The van der Waals surface area contributed by atoms with E-state index in [1.54, 1.807) is 12.1 Å². The van der Waals surface area contributed by atoms with Crippen LogP contribution in [0.2, 0.25) is 0 Å². The van der Waals surface area contributed by atoms with Crippen molar-refractivity contribution in [2.45, 2.75) is 51.3 Å². The number of nitrogens with one attached hydrogen (secondary N) is 1. The van der Waals surface area contributed by atoms with E-state index in [0.29, 0.717) is 0 Å². The second-order valence-corrected chi connectivity index (χ2v) is 7.35. The summed E-state index contributed by atoms with van der Waals surface area (Å²) in [6.07, 6.45) is 3.46. The lowest BCUT2D eigenvalue weighted by molar-refractivity contribution is 0.119. The Morgan fingerprint density at radius 3 is 2.10 bits per heavy atom. The molecule has 0 aliphatic rings. The summed E-state index contributed by atoms with van der Waals surface area (Å²) in [7, 11) is -3.52.